The second-order valence-corrected chi connectivity index (χ2v) is 8.00. The number of carbonyl (C=O) groups excluding carboxylic acids is 2. The molecule has 0 saturated heterocycles. The third-order valence-electron chi connectivity index (χ3n) is 3.55. The van der Waals surface area contributed by atoms with Gasteiger partial charge in [-0.15, -0.1) is 0 Å². The summed E-state index contributed by atoms with van der Waals surface area (Å²) in [6.45, 7) is 4.90. The molecule has 2 rings (SSSR count). The highest BCUT2D eigenvalue weighted by Gasteiger charge is 2.15. The van der Waals surface area contributed by atoms with Crippen molar-refractivity contribution in [1.29, 1.82) is 0 Å². The van der Waals surface area contributed by atoms with Crippen LogP contribution in [0, 0.1) is 13.8 Å². The van der Waals surface area contributed by atoms with Crippen LogP contribution in [0.1, 0.15) is 28.4 Å². The number of rotatable bonds is 4. The smallest absolute Gasteiger partial charge is 0.264 e. The maximum Gasteiger partial charge on any atom is 0.264 e. The van der Waals surface area contributed by atoms with Crippen molar-refractivity contribution >= 4 is 44.9 Å². The van der Waals surface area contributed by atoms with Crippen molar-refractivity contribution in [2.24, 2.45) is 0 Å². The second kappa shape index (κ2) is 8.28. The Morgan fingerprint density at radius 3 is 2.19 bits per heavy atom. The van der Waals surface area contributed by atoms with E-state index >= 15 is 0 Å². The minimum absolute atomic E-state index is 0.0616. The predicted molar refractivity (Wildman–Crippen MR) is 107 cm³/mol. The molecule has 27 heavy (non-hydrogen) atoms. The Kier molecular flexibility index (Phi) is 6.29. The van der Waals surface area contributed by atoms with Crippen LogP contribution in [0.25, 0.3) is 0 Å². The van der Waals surface area contributed by atoms with Gasteiger partial charge in [0.25, 0.3) is 15.9 Å². The SMILES string of the molecule is CC(=O)NS(=O)(=O)c1ccc(NC(=S)NC(=O)c2ccc(C)cc2C)cc1. The van der Waals surface area contributed by atoms with E-state index in [1.165, 1.54) is 24.3 Å². The fourth-order valence-corrected chi connectivity index (χ4v) is 3.57. The first-order chi connectivity index (χ1) is 12.6. The molecule has 9 heteroatoms. The second-order valence-electron chi connectivity index (χ2n) is 5.91. The molecular weight excluding hydrogens is 386 g/mol. The van der Waals surface area contributed by atoms with Crippen LogP contribution in [0.2, 0.25) is 0 Å². The molecule has 0 radical (unpaired) electrons. The van der Waals surface area contributed by atoms with E-state index in [1.54, 1.807) is 6.07 Å². The van der Waals surface area contributed by atoms with E-state index in [-0.39, 0.29) is 15.9 Å². The molecule has 142 valence electrons. The van der Waals surface area contributed by atoms with E-state index in [1.807, 2.05) is 30.7 Å². The molecule has 2 amide bonds. The lowest BCUT2D eigenvalue weighted by atomic mass is 10.1. The number of hydrogen-bond donors (Lipinski definition) is 3. The molecule has 2 aromatic carbocycles. The van der Waals surface area contributed by atoms with Crippen LogP contribution in [-0.2, 0) is 14.8 Å². The predicted octanol–water partition coefficient (Wildman–Crippen LogP) is 2.26. The lowest BCUT2D eigenvalue weighted by Gasteiger charge is -2.12. The Morgan fingerprint density at radius 1 is 1.00 bits per heavy atom. The van der Waals surface area contributed by atoms with E-state index < -0.39 is 15.9 Å². The number of hydrogen-bond acceptors (Lipinski definition) is 5. The van der Waals surface area contributed by atoms with Crippen molar-refractivity contribution in [3.63, 3.8) is 0 Å². The molecule has 0 saturated carbocycles. The van der Waals surface area contributed by atoms with E-state index in [4.69, 9.17) is 12.2 Å². The quantitative estimate of drug-likeness (QED) is 0.674. The zero-order chi connectivity index (χ0) is 20.2. The fraction of sp³-hybridized carbons (Fsp3) is 0.167. The third kappa shape index (κ3) is 5.60. The standard InChI is InChI=1S/C18H19N3O4S2/c1-11-4-9-16(12(2)10-11)17(23)20-18(26)19-14-5-7-15(8-6-14)27(24,25)21-13(3)22/h4-10H,1-3H3,(H,21,22)(H2,19,20,23,26). The number of anilines is 1. The summed E-state index contributed by atoms with van der Waals surface area (Å²) in [5.74, 6) is -1.01. The summed E-state index contributed by atoms with van der Waals surface area (Å²) in [5, 5.41) is 5.47. The maximum absolute atomic E-state index is 12.3. The van der Waals surface area contributed by atoms with Crippen LogP contribution in [0.15, 0.2) is 47.4 Å². The molecule has 0 bridgehead atoms. The number of benzene rings is 2. The van der Waals surface area contributed by atoms with Crippen LogP contribution in [-0.4, -0.2) is 25.3 Å². The van der Waals surface area contributed by atoms with Gasteiger partial charge in [0.2, 0.25) is 5.91 Å². The van der Waals surface area contributed by atoms with Crippen LogP contribution in [0.3, 0.4) is 0 Å². The summed E-state index contributed by atoms with van der Waals surface area (Å²) in [6, 6.07) is 11.1. The average Bonchev–Trinajstić information content (AvgIpc) is 2.53. The van der Waals surface area contributed by atoms with Gasteiger partial charge >= 0.3 is 0 Å². The number of carbonyl (C=O) groups is 2. The fourth-order valence-electron chi connectivity index (χ4n) is 2.37. The van der Waals surface area contributed by atoms with Crippen LogP contribution in [0.4, 0.5) is 5.69 Å². The highest BCUT2D eigenvalue weighted by molar-refractivity contribution is 7.90. The van der Waals surface area contributed by atoms with Crippen molar-refractivity contribution in [1.82, 2.24) is 10.0 Å². The monoisotopic (exact) mass is 405 g/mol. The summed E-state index contributed by atoms with van der Waals surface area (Å²) in [4.78, 5) is 23.2. The highest BCUT2D eigenvalue weighted by Crippen LogP contribution is 2.14. The highest BCUT2D eigenvalue weighted by atomic mass is 32.2. The van der Waals surface area contributed by atoms with Gasteiger partial charge in [-0.2, -0.15) is 0 Å². The summed E-state index contributed by atoms with van der Waals surface area (Å²) in [5.41, 5.74) is 2.89. The Morgan fingerprint density at radius 2 is 1.63 bits per heavy atom. The lowest BCUT2D eigenvalue weighted by Crippen LogP contribution is -2.34. The van der Waals surface area contributed by atoms with Gasteiger partial charge in [0.1, 0.15) is 0 Å². The Bertz CT molecular complexity index is 1000. The molecule has 0 heterocycles. The topological polar surface area (TPSA) is 104 Å². The van der Waals surface area contributed by atoms with Gasteiger partial charge in [-0.3, -0.25) is 14.9 Å². The van der Waals surface area contributed by atoms with E-state index in [2.05, 4.69) is 10.6 Å². The third-order valence-corrected chi connectivity index (χ3v) is 5.21. The van der Waals surface area contributed by atoms with E-state index in [0.29, 0.717) is 11.3 Å². The van der Waals surface area contributed by atoms with Crippen molar-refractivity contribution in [2.75, 3.05) is 5.32 Å². The molecule has 0 spiro atoms. The lowest BCUT2D eigenvalue weighted by molar-refractivity contribution is -0.117. The summed E-state index contributed by atoms with van der Waals surface area (Å²) >= 11 is 5.13. The largest absolute Gasteiger partial charge is 0.332 e. The first-order valence-electron chi connectivity index (χ1n) is 7.91. The number of sulfonamides is 1. The molecule has 0 unspecified atom stereocenters. The van der Waals surface area contributed by atoms with Gasteiger partial charge in [0.15, 0.2) is 5.11 Å². The van der Waals surface area contributed by atoms with Gasteiger partial charge in [-0.05, 0) is 62.0 Å². The van der Waals surface area contributed by atoms with Crippen molar-refractivity contribution in [3.05, 3.63) is 59.2 Å². The molecular formula is C18H19N3O4S2. The summed E-state index contributed by atoms with van der Waals surface area (Å²) in [6.07, 6.45) is 0. The molecule has 0 aliphatic rings. The minimum atomic E-state index is -3.90. The Hall–Kier alpha value is -2.78. The zero-order valence-electron chi connectivity index (χ0n) is 15.0. The van der Waals surface area contributed by atoms with Gasteiger partial charge in [0, 0.05) is 18.2 Å². The normalized spacial score (nSPS) is 10.8. The molecule has 0 fully saturated rings. The average molecular weight is 406 g/mol. The zero-order valence-corrected chi connectivity index (χ0v) is 16.6. The molecule has 2 aromatic rings. The van der Waals surface area contributed by atoms with Crippen LogP contribution < -0.4 is 15.4 Å². The number of thiocarbonyl (C=S) groups is 1. The number of aryl methyl sites for hydroxylation is 2. The molecule has 7 nitrogen and oxygen atoms in total. The molecule has 0 atom stereocenters. The number of nitrogens with one attached hydrogen (secondary N) is 3. The molecule has 0 aliphatic heterocycles. The van der Waals surface area contributed by atoms with Crippen LogP contribution >= 0.6 is 12.2 Å². The Labute approximate surface area is 163 Å². The van der Waals surface area contributed by atoms with E-state index in [0.717, 1.165) is 18.1 Å². The van der Waals surface area contributed by atoms with Crippen molar-refractivity contribution in [2.45, 2.75) is 25.7 Å². The van der Waals surface area contributed by atoms with Crippen molar-refractivity contribution in [3.8, 4) is 0 Å². The number of amides is 2. The first kappa shape index (κ1) is 20.5. The van der Waals surface area contributed by atoms with Gasteiger partial charge in [0.05, 0.1) is 4.90 Å². The van der Waals surface area contributed by atoms with Crippen molar-refractivity contribution < 1.29 is 18.0 Å². The van der Waals surface area contributed by atoms with Gasteiger partial charge in [-0.1, -0.05) is 17.7 Å². The first-order valence-corrected chi connectivity index (χ1v) is 9.80. The minimum Gasteiger partial charge on any atom is -0.332 e. The van der Waals surface area contributed by atoms with Gasteiger partial charge < -0.3 is 5.32 Å². The van der Waals surface area contributed by atoms with E-state index in [9.17, 15) is 18.0 Å². The maximum atomic E-state index is 12.3. The van der Waals surface area contributed by atoms with Crippen LogP contribution in [0.5, 0.6) is 0 Å². The molecule has 3 N–H and O–H groups in total. The molecule has 0 aliphatic carbocycles. The molecule has 0 aromatic heterocycles. The Balaban J connectivity index is 2.03. The summed E-state index contributed by atoms with van der Waals surface area (Å²) < 4.78 is 25.7. The summed E-state index contributed by atoms with van der Waals surface area (Å²) in [7, 11) is -3.90. The van der Waals surface area contributed by atoms with Gasteiger partial charge in [-0.25, -0.2) is 13.1 Å².